The van der Waals surface area contributed by atoms with Crippen LogP contribution >= 0.6 is 0 Å². The molecular weight excluding hydrogens is 666 g/mol. The summed E-state index contributed by atoms with van der Waals surface area (Å²) >= 11 is -3.81. The van der Waals surface area contributed by atoms with Gasteiger partial charge in [0.2, 0.25) is 0 Å². The summed E-state index contributed by atoms with van der Waals surface area (Å²) in [6.45, 7) is 0. The third-order valence-electron chi connectivity index (χ3n) is 9.35. The van der Waals surface area contributed by atoms with Gasteiger partial charge in [-0.15, -0.1) is 0 Å². The summed E-state index contributed by atoms with van der Waals surface area (Å²) in [5, 5.41) is 7.78. The van der Waals surface area contributed by atoms with Crippen LogP contribution in [-0.4, -0.2) is 33.6 Å². The molecule has 0 heterocycles. The van der Waals surface area contributed by atoms with Crippen LogP contribution in [0.25, 0.3) is 32.3 Å². The van der Waals surface area contributed by atoms with Crippen molar-refractivity contribution in [2.45, 2.75) is 34.5 Å². The maximum absolute atomic E-state index is 2.46. The number of hydrogen-bond donors (Lipinski definition) is 0. The molecule has 0 fully saturated rings. The van der Waals surface area contributed by atoms with E-state index < -0.39 is 26.5 Å². The summed E-state index contributed by atoms with van der Waals surface area (Å²) < 4.78 is 3.06. The van der Waals surface area contributed by atoms with E-state index >= 15 is 0 Å². The minimum atomic E-state index is -1.94. The second-order valence-electron chi connectivity index (χ2n) is 14.4. The first kappa shape index (κ1) is 29.9. The van der Waals surface area contributed by atoms with Gasteiger partial charge in [0.1, 0.15) is 0 Å². The fraction of sp³-hybridized carbons (Fsp3) is 0.171. The van der Waals surface area contributed by atoms with Gasteiger partial charge in [-0.2, -0.15) is 0 Å². The first-order chi connectivity index (χ1) is 21.5. The van der Waals surface area contributed by atoms with E-state index in [-0.39, 0.29) is 0 Å². The molecule has 0 aromatic heterocycles. The fourth-order valence-corrected chi connectivity index (χ4v) is 11.6. The van der Waals surface area contributed by atoms with Crippen molar-refractivity contribution in [2.75, 3.05) is 16.8 Å². The molecule has 0 saturated carbocycles. The van der Waals surface area contributed by atoms with E-state index in [4.69, 9.17) is 0 Å². The number of anilines is 5. The molecule has 0 atom stereocenters. The zero-order chi connectivity index (χ0) is 31.5. The van der Waals surface area contributed by atoms with Gasteiger partial charge in [-0.1, -0.05) is 0 Å². The summed E-state index contributed by atoms with van der Waals surface area (Å²) in [5.41, 5.74) is 6.01. The van der Waals surface area contributed by atoms with Crippen LogP contribution in [0.3, 0.4) is 0 Å². The molecule has 0 radical (unpaired) electrons. The Kier molecular flexibility index (Phi) is 7.49. The standard InChI is InChI=1S/C41H42Ge2N2/c1-42(2,3)31-17-21-33(22-18-31)44(7)38-27-15-29-14-26-37-39(28-16-30-13-25-36(38)40(29)41(30)37)45(34-11-9-8-10-12-34)35-23-19-32(20-24-35)43(4,5)6/h8-28H,1-7H3. The summed E-state index contributed by atoms with van der Waals surface area (Å²) in [6, 6.07) is 47.9. The molecule has 0 amide bonds. The first-order valence-electron chi connectivity index (χ1n) is 16.0. The van der Waals surface area contributed by atoms with Crippen molar-refractivity contribution in [3.8, 4) is 0 Å². The molecule has 7 aromatic rings. The molecule has 0 bridgehead atoms. The number of nitrogens with zero attached hydrogens (tertiary/aromatic N) is 2. The molecule has 0 aliphatic rings. The van der Waals surface area contributed by atoms with Gasteiger partial charge in [-0.25, -0.2) is 0 Å². The fourth-order valence-electron chi connectivity index (χ4n) is 6.70. The maximum atomic E-state index is 2.46. The Hall–Kier alpha value is -3.73. The molecule has 0 spiro atoms. The molecule has 2 nitrogen and oxygen atoms in total. The molecular formula is C41H42Ge2N2. The summed E-state index contributed by atoms with van der Waals surface area (Å²) in [6.07, 6.45) is 0. The quantitative estimate of drug-likeness (QED) is 0.120. The zero-order valence-electron chi connectivity index (χ0n) is 27.5. The zero-order valence-corrected chi connectivity index (χ0v) is 31.7. The molecule has 0 N–H and O–H groups in total. The summed E-state index contributed by atoms with van der Waals surface area (Å²) in [5.74, 6) is 14.7. The summed E-state index contributed by atoms with van der Waals surface area (Å²) in [7, 11) is 2.20. The van der Waals surface area contributed by atoms with Gasteiger partial charge in [0.05, 0.1) is 0 Å². The Balaban J connectivity index is 1.41. The van der Waals surface area contributed by atoms with E-state index in [0.29, 0.717) is 0 Å². The van der Waals surface area contributed by atoms with E-state index in [2.05, 4.69) is 179 Å². The van der Waals surface area contributed by atoms with Crippen LogP contribution in [0, 0.1) is 0 Å². The van der Waals surface area contributed by atoms with Gasteiger partial charge in [-0.3, -0.25) is 0 Å². The number of rotatable bonds is 7. The van der Waals surface area contributed by atoms with Crippen LogP contribution < -0.4 is 18.6 Å². The molecule has 4 heteroatoms. The van der Waals surface area contributed by atoms with Crippen molar-refractivity contribution in [1.82, 2.24) is 0 Å². The topological polar surface area (TPSA) is 6.48 Å². The molecule has 7 rings (SSSR count). The number of para-hydroxylation sites is 1. The predicted octanol–water partition coefficient (Wildman–Crippen LogP) is 10.9. The third-order valence-corrected chi connectivity index (χ3v) is 18.0. The summed E-state index contributed by atoms with van der Waals surface area (Å²) in [4.78, 5) is 4.78. The van der Waals surface area contributed by atoms with Crippen molar-refractivity contribution < 1.29 is 0 Å². The van der Waals surface area contributed by atoms with Gasteiger partial charge in [0, 0.05) is 0 Å². The van der Waals surface area contributed by atoms with E-state index in [1.54, 1.807) is 0 Å². The molecule has 7 aromatic carbocycles. The molecule has 0 aliphatic heterocycles. The Morgan fingerprint density at radius 3 is 1.33 bits per heavy atom. The Morgan fingerprint density at radius 1 is 0.400 bits per heavy atom. The SMILES string of the molecule is CN(c1cc[c]([Ge]([CH3])([CH3])[CH3])cc1)c1ccc2ccc3c(N(c4ccccc4)c4cc[c]([Ge]([CH3])([CH3])[CH3])cc4)ccc4ccc1c2c43. The van der Waals surface area contributed by atoms with Crippen molar-refractivity contribution >= 4 is 96.1 Å². The van der Waals surface area contributed by atoms with Gasteiger partial charge in [0.25, 0.3) is 0 Å². The van der Waals surface area contributed by atoms with Gasteiger partial charge in [0.15, 0.2) is 0 Å². The number of benzene rings is 7. The second kappa shape index (κ2) is 11.3. The third kappa shape index (κ3) is 5.42. The Bertz CT molecular complexity index is 2120. The first-order valence-corrected chi connectivity index (χ1v) is 30.7. The Morgan fingerprint density at radius 2 is 0.822 bits per heavy atom. The van der Waals surface area contributed by atoms with Crippen LogP contribution in [0.15, 0.2) is 127 Å². The van der Waals surface area contributed by atoms with Gasteiger partial charge >= 0.3 is 275 Å². The molecule has 45 heavy (non-hydrogen) atoms. The van der Waals surface area contributed by atoms with E-state index in [0.717, 1.165) is 0 Å². The normalized spacial score (nSPS) is 12.3. The molecule has 0 unspecified atom stereocenters. The molecule has 0 saturated heterocycles. The van der Waals surface area contributed by atoms with Crippen LogP contribution in [0.4, 0.5) is 28.4 Å². The van der Waals surface area contributed by atoms with Crippen LogP contribution in [-0.2, 0) is 0 Å². The monoisotopic (exact) mass is 710 g/mol. The van der Waals surface area contributed by atoms with E-state index in [1.807, 2.05) is 0 Å². The van der Waals surface area contributed by atoms with Crippen LogP contribution in [0.5, 0.6) is 0 Å². The molecule has 224 valence electrons. The van der Waals surface area contributed by atoms with Crippen molar-refractivity contribution in [1.29, 1.82) is 0 Å². The van der Waals surface area contributed by atoms with E-state index in [9.17, 15) is 0 Å². The van der Waals surface area contributed by atoms with Crippen LogP contribution in [0.1, 0.15) is 0 Å². The number of hydrogen-bond acceptors (Lipinski definition) is 2. The van der Waals surface area contributed by atoms with E-state index in [1.165, 1.54) is 69.5 Å². The van der Waals surface area contributed by atoms with Gasteiger partial charge < -0.3 is 0 Å². The van der Waals surface area contributed by atoms with Crippen molar-refractivity contribution in [3.63, 3.8) is 0 Å². The molecule has 0 aliphatic carbocycles. The second-order valence-corrected chi connectivity index (χ2v) is 35.7. The minimum absolute atomic E-state index is 1.17. The average molecular weight is 708 g/mol. The van der Waals surface area contributed by atoms with Crippen molar-refractivity contribution in [2.24, 2.45) is 0 Å². The average Bonchev–Trinajstić information content (AvgIpc) is 3.04. The van der Waals surface area contributed by atoms with Crippen molar-refractivity contribution in [3.05, 3.63) is 127 Å². The Labute approximate surface area is 273 Å². The van der Waals surface area contributed by atoms with Gasteiger partial charge in [-0.05, 0) is 0 Å². The van der Waals surface area contributed by atoms with Crippen LogP contribution in [0.2, 0.25) is 34.5 Å². The predicted molar refractivity (Wildman–Crippen MR) is 205 cm³/mol.